The van der Waals surface area contributed by atoms with Crippen molar-refractivity contribution in [1.29, 1.82) is 0 Å². The van der Waals surface area contributed by atoms with Gasteiger partial charge in [0.25, 0.3) is 0 Å². The number of ketones is 1. The zero-order valence-corrected chi connectivity index (χ0v) is 12.1. The number of carbonyl (C=O) groups excluding carboxylic acids is 1. The van der Waals surface area contributed by atoms with Crippen LogP contribution in [0.25, 0.3) is 0 Å². The lowest BCUT2D eigenvalue weighted by Crippen LogP contribution is -2.41. The molecule has 114 valence electrons. The summed E-state index contributed by atoms with van der Waals surface area (Å²) in [4.78, 5) is 12.4. The van der Waals surface area contributed by atoms with Gasteiger partial charge in [-0.3, -0.25) is 9.00 Å². The molecule has 3 rings (SSSR count). The van der Waals surface area contributed by atoms with Gasteiger partial charge in [-0.15, -0.1) is 0 Å². The maximum absolute atomic E-state index is 13.7. The van der Waals surface area contributed by atoms with Gasteiger partial charge in [0, 0.05) is 27.2 Å². The van der Waals surface area contributed by atoms with Gasteiger partial charge in [-0.25, -0.2) is 13.2 Å². The molecule has 6 heteroatoms. The molecule has 0 spiro atoms. The number of hydrogen-bond acceptors (Lipinski definition) is 2. The van der Waals surface area contributed by atoms with Crippen molar-refractivity contribution in [2.24, 2.45) is 5.92 Å². The first kappa shape index (κ1) is 14.8. The van der Waals surface area contributed by atoms with Crippen LogP contribution in [-0.4, -0.2) is 20.5 Å². The molecule has 0 saturated carbocycles. The van der Waals surface area contributed by atoms with Crippen molar-refractivity contribution in [3.05, 3.63) is 35.1 Å². The fourth-order valence-electron chi connectivity index (χ4n) is 3.41. The highest BCUT2D eigenvalue weighted by atomic mass is 32.2. The Morgan fingerprint density at radius 1 is 1.05 bits per heavy atom. The number of halogens is 3. The molecule has 2 atom stereocenters. The second-order valence-corrected chi connectivity index (χ2v) is 7.74. The molecule has 2 heterocycles. The Morgan fingerprint density at radius 2 is 1.62 bits per heavy atom. The minimum atomic E-state index is -1.42. The van der Waals surface area contributed by atoms with Crippen LogP contribution in [0.4, 0.5) is 13.2 Å². The lowest BCUT2D eigenvalue weighted by atomic mass is 9.84. The number of carbonyl (C=O) groups is 1. The van der Waals surface area contributed by atoms with Crippen LogP contribution in [0.5, 0.6) is 0 Å². The Kier molecular flexibility index (Phi) is 3.90. The van der Waals surface area contributed by atoms with Crippen molar-refractivity contribution in [2.45, 2.75) is 42.6 Å². The number of hydrogen-bond donors (Lipinski definition) is 0. The first-order valence-corrected chi connectivity index (χ1v) is 8.33. The van der Waals surface area contributed by atoms with Crippen LogP contribution in [0.2, 0.25) is 0 Å². The van der Waals surface area contributed by atoms with E-state index in [0.29, 0.717) is 18.9 Å². The quantitative estimate of drug-likeness (QED) is 0.619. The van der Waals surface area contributed by atoms with E-state index >= 15 is 0 Å². The third kappa shape index (κ3) is 2.54. The molecule has 1 aromatic rings. The average Bonchev–Trinajstić information content (AvgIpc) is 2.43. The number of fused-ring (bicyclic) bond motifs is 2. The highest BCUT2D eigenvalue weighted by Crippen LogP contribution is 2.38. The summed E-state index contributed by atoms with van der Waals surface area (Å²) in [5.74, 6) is -4.94. The summed E-state index contributed by atoms with van der Waals surface area (Å²) in [6, 6.07) is 1.44. The third-order valence-electron chi connectivity index (χ3n) is 4.47. The van der Waals surface area contributed by atoms with E-state index in [-0.39, 0.29) is 10.5 Å². The summed E-state index contributed by atoms with van der Waals surface area (Å²) in [5.41, 5.74) is -0.786. The summed E-state index contributed by atoms with van der Waals surface area (Å²) >= 11 is 0. The second kappa shape index (κ2) is 5.55. The first-order valence-electron chi connectivity index (χ1n) is 7.06. The van der Waals surface area contributed by atoms with Gasteiger partial charge in [-0.05, 0) is 37.8 Å². The van der Waals surface area contributed by atoms with E-state index in [1.165, 1.54) is 0 Å². The Bertz CT molecular complexity index is 601. The average molecular weight is 316 g/mol. The predicted octanol–water partition coefficient (Wildman–Crippen LogP) is 3.37. The molecule has 0 aliphatic carbocycles. The van der Waals surface area contributed by atoms with E-state index in [0.717, 1.165) is 25.3 Å². The monoisotopic (exact) mass is 316 g/mol. The summed E-state index contributed by atoms with van der Waals surface area (Å²) in [5, 5.41) is -0.155. The van der Waals surface area contributed by atoms with Crippen LogP contribution in [0.1, 0.15) is 42.5 Å². The topological polar surface area (TPSA) is 34.1 Å². The minimum absolute atomic E-state index is 0.0777. The van der Waals surface area contributed by atoms with Gasteiger partial charge in [-0.2, -0.15) is 0 Å². The maximum atomic E-state index is 13.7. The van der Waals surface area contributed by atoms with Crippen LogP contribution in [0.3, 0.4) is 0 Å². The molecule has 2 fully saturated rings. The van der Waals surface area contributed by atoms with E-state index in [9.17, 15) is 22.2 Å². The van der Waals surface area contributed by atoms with Gasteiger partial charge < -0.3 is 0 Å². The van der Waals surface area contributed by atoms with Crippen molar-refractivity contribution in [3.8, 4) is 0 Å². The van der Waals surface area contributed by atoms with Crippen LogP contribution in [-0.2, 0) is 10.8 Å². The van der Waals surface area contributed by atoms with Gasteiger partial charge in [0.1, 0.15) is 5.82 Å². The van der Waals surface area contributed by atoms with E-state index < -0.39 is 45.5 Å². The molecular formula is C15H15F3O2S. The van der Waals surface area contributed by atoms with Crippen molar-refractivity contribution in [2.75, 3.05) is 0 Å². The van der Waals surface area contributed by atoms with Gasteiger partial charge in [0.15, 0.2) is 17.4 Å². The molecular weight excluding hydrogens is 301 g/mol. The van der Waals surface area contributed by atoms with E-state index in [2.05, 4.69) is 0 Å². The lowest BCUT2D eigenvalue weighted by molar-refractivity contribution is 0.0885. The Morgan fingerprint density at radius 3 is 2.24 bits per heavy atom. The zero-order chi connectivity index (χ0) is 15.1. The molecule has 2 bridgehead atoms. The fourth-order valence-corrected chi connectivity index (χ4v) is 5.59. The molecule has 0 amide bonds. The van der Waals surface area contributed by atoms with E-state index in [1.807, 2.05) is 0 Å². The summed E-state index contributed by atoms with van der Waals surface area (Å²) in [6.45, 7) is 0. The Hall–Kier alpha value is -1.17. The standard InChI is InChI=1S/C15H15F3O2S/c16-11-4-5-12(17)14(18)13(11)15(19)8-6-9-2-1-3-10(7-8)21(9)20/h4-5,8-10H,1-3,6-7H2. The number of rotatable bonds is 2. The highest BCUT2D eigenvalue weighted by Gasteiger charge is 2.41. The molecule has 1 aromatic carbocycles. The molecule has 2 saturated heterocycles. The molecule has 0 N–H and O–H groups in total. The molecule has 0 radical (unpaired) electrons. The molecule has 2 aliphatic rings. The van der Waals surface area contributed by atoms with Crippen molar-refractivity contribution in [1.82, 2.24) is 0 Å². The van der Waals surface area contributed by atoms with Crippen LogP contribution in [0, 0.1) is 23.4 Å². The van der Waals surface area contributed by atoms with Crippen LogP contribution in [0.15, 0.2) is 12.1 Å². The normalized spacial score (nSPS) is 32.0. The smallest absolute Gasteiger partial charge is 0.172 e. The third-order valence-corrected chi connectivity index (χ3v) is 6.64. The van der Waals surface area contributed by atoms with Crippen molar-refractivity contribution >= 4 is 16.6 Å². The zero-order valence-electron chi connectivity index (χ0n) is 11.3. The van der Waals surface area contributed by atoms with Crippen molar-refractivity contribution < 1.29 is 22.2 Å². The fraction of sp³-hybridized carbons (Fsp3) is 0.533. The largest absolute Gasteiger partial charge is 0.294 e. The summed E-state index contributed by atoms with van der Waals surface area (Å²) in [7, 11) is -0.958. The molecule has 21 heavy (non-hydrogen) atoms. The molecule has 0 aromatic heterocycles. The second-order valence-electron chi connectivity index (χ2n) is 5.75. The minimum Gasteiger partial charge on any atom is -0.294 e. The van der Waals surface area contributed by atoms with Gasteiger partial charge >= 0.3 is 0 Å². The molecule has 2 aliphatic heterocycles. The first-order chi connectivity index (χ1) is 9.99. The SMILES string of the molecule is O=C(c1c(F)ccc(F)c1F)C1CC2CCCC(C1)S2=O. The van der Waals surface area contributed by atoms with Gasteiger partial charge in [0.2, 0.25) is 0 Å². The molecule has 2 unspecified atom stereocenters. The van der Waals surface area contributed by atoms with E-state index in [1.54, 1.807) is 0 Å². The molecule has 2 nitrogen and oxygen atoms in total. The highest BCUT2D eigenvalue weighted by molar-refractivity contribution is 7.86. The van der Waals surface area contributed by atoms with Crippen LogP contribution < -0.4 is 0 Å². The number of benzene rings is 1. The van der Waals surface area contributed by atoms with Crippen molar-refractivity contribution in [3.63, 3.8) is 0 Å². The lowest BCUT2D eigenvalue weighted by Gasteiger charge is -2.37. The summed E-state index contributed by atoms with van der Waals surface area (Å²) < 4.78 is 52.8. The maximum Gasteiger partial charge on any atom is 0.172 e. The predicted molar refractivity (Wildman–Crippen MR) is 72.9 cm³/mol. The Labute approximate surface area is 123 Å². The van der Waals surface area contributed by atoms with Gasteiger partial charge in [0.05, 0.1) is 5.56 Å². The summed E-state index contributed by atoms with van der Waals surface area (Å²) in [6.07, 6.45) is 3.28. The van der Waals surface area contributed by atoms with Crippen LogP contribution >= 0.6 is 0 Å². The Balaban J connectivity index is 1.90. The number of Topliss-reactive ketones (excluding diaryl/α,β-unsaturated/α-hetero) is 1. The van der Waals surface area contributed by atoms with Gasteiger partial charge in [-0.1, -0.05) is 6.42 Å². The van der Waals surface area contributed by atoms with E-state index in [4.69, 9.17) is 0 Å².